The molecule has 0 amide bonds. The highest BCUT2D eigenvalue weighted by molar-refractivity contribution is 7.28. The van der Waals surface area contributed by atoms with Gasteiger partial charge >= 0.3 is 0 Å². The SMILES string of the molecule is Cc1cc2sc(CC3CCCC3)c(C)c2s1. The molecule has 2 heteroatoms. The number of fused-ring (bicyclic) bond motifs is 1. The smallest absolute Gasteiger partial charge is 0.0485 e. The predicted octanol–water partition coefficient (Wildman–Crippen LogP) is 5.31. The van der Waals surface area contributed by atoms with Crippen molar-refractivity contribution in [3.8, 4) is 0 Å². The van der Waals surface area contributed by atoms with E-state index in [-0.39, 0.29) is 0 Å². The van der Waals surface area contributed by atoms with E-state index in [0.717, 1.165) is 5.92 Å². The maximum Gasteiger partial charge on any atom is 0.0485 e. The summed E-state index contributed by atoms with van der Waals surface area (Å²) in [5.41, 5.74) is 1.57. The monoisotopic (exact) mass is 250 g/mol. The van der Waals surface area contributed by atoms with Crippen LogP contribution in [0.2, 0.25) is 0 Å². The molecule has 1 aliphatic rings. The maximum absolute atomic E-state index is 2.36. The first-order valence-corrected chi connectivity index (χ1v) is 7.86. The fourth-order valence-corrected chi connectivity index (χ4v) is 5.48. The molecule has 0 atom stereocenters. The molecule has 2 heterocycles. The second kappa shape index (κ2) is 4.15. The van der Waals surface area contributed by atoms with E-state index in [4.69, 9.17) is 0 Å². The Morgan fingerprint density at radius 2 is 1.94 bits per heavy atom. The van der Waals surface area contributed by atoms with E-state index in [0.29, 0.717) is 0 Å². The molecule has 0 spiro atoms. The molecule has 1 fully saturated rings. The Balaban J connectivity index is 1.91. The number of thiophene rings is 2. The first-order chi connectivity index (χ1) is 7.74. The molecule has 0 aliphatic heterocycles. The molecule has 0 nitrogen and oxygen atoms in total. The number of hydrogen-bond acceptors (Lipinski definition) is 2. The van der Waals surface area contributed by atoms with Crippen LogP contribution in [-0.4, -0.2) is 0 Å². The minimum absolute atomic E-state index is 0.979. The summed E-state index contributed by atoms with van der Waals surface area (Å²) in [6.45, 7) is 4.53. The topological polar surface area (TPSA) is 0 Å². The summed E-state index contributed by atoms with van der Waals surface area (Å²) in [5, 5.41) is 0. The van der Waals surface area contributed by atoms with Crippen molar-refractivity contribution in [1.82, 2.24) is 0 Å². The van der Waals surface area contributed by atoms with Gasteiger partial charge in [0.25, 0.3) is 0 Å². The Bertz CT molecular complexity index is 498. The normalized spacial score (nSPS) is 17.6. The third-order valence-electron chi connectivity index (χ3n) is 3.76. The zero-order valence-electron chi connectivity index (χ0n) is 10.0. The lowest BCUT2D eigenvalue weighted by molar-refractivity contribution is 0.550. The summed E-state index contributed by atoms with van der Waals surface area (Å²) >= 11 is 4.01. The molecule has 2 aromatic heterocycles. The van der Waals surface area contributed by atoms with Gasteiger partial charge < -0.3 is 0 Å². The molecule has 0 bridgehead atoms. The third kappa shape index (κ3) is 1.82. The summed E-state index contributed by atoms with van der Waals surface area (Å²) < 4.78 is 3.07. The van der Waals surface area contributed by atoms with Gasteiger partial charge in [-0.15, -0.1) is 22.7 Å². The fraction of sp³-hybridized carbons (Fsp3) is 0.571. The molecule has 0 unspecified atom stereocenters. The molecule has 2 aromatic rings. The van der Waals surface area contributed by atoms with E-state index >= 15 is 0 Å². The van der Waals surface area contributed by atoms with Crippen LogP contribution in [0.25, 0.3) is 9.40 Å². The highest BCUT2D eigenvalue weighted by atomic mass is 32.1. The molecule has 16 heavy (non-hydrogen) atoms. The second-order valence-electron chi connectivity index (χ2n) is 5.06. The van der Waals surface area contributed by atoms with Gasteiger partial charge in [0, 0.05) is 19.2 Å². The van der Waals surface area contributed by atoms with Crippen molar-refractivity contribution in [2.24, 2.45) is 5.92 Å². The van der Waals surface area contributed by atoms with Crippen LogP contribution in [0.4, 0.5) is 0 Å². The van der Waals surface area contributed by atoms with Crippen molar-refractivity contribution < 1.29 is 0 Å². The average molecular weight is 250 g/mol. The van der Waals surface area contributed by atoms with Crippen molar-refractivity contribution in [3.63, 3.8) is 0 Å². The maximum atomic E-state index is 2.36. The van der Waals surface area contributed by atoms with Crippen molar-refractivity contribution in [3.05, 3.63) is 21.4 Å². The molecule has 0 saturated heterocycles. The van der Waals surface area contributed by atoms with Crippen molar-refractivity contribution in [2.45, 2.75) is 46.0 Å². The summed E-state index contributed by atoms with van der Waals surface area (Å²) in [6.07, 6.45) is 7.19. The van der Waals surface area contributed by atoms with Gasteiger partial charge in [0.05, 0.1) is 0 Å². The van der Waals surface area contributed by atoms with Gasteiger partial charge in [-0.3, -0.25) is 0 Å². The molecule has 86 valence electrons. The highest BCUT2D eigenvalue weighted by Gasteiger charge is 2.19. The van der Waals surface area contributed by atoms with E-state index in [1.54, 1.807) is 15.1 Å². The number of hydrogen-bond donors (Lipinski definition) is 0. The standard InChI is InChI=1S/C14H18S2/c1-9-7-13-14(15-9)10(2)12(16-13)8-11-5-3-4-6-11/h7,11H,3-6,8H2,1-2H3. The Morgan fingerprint density at radius 3 is 2.62 bits per heavy atom. The summed E-state index contributed by atoms with van der Waals surface area (Å²) in [5.74, 6) is 0.979. The highest BCUT2D eigenvalue weighted by Crippen LogP contribution is 2.39. The number of aryl methyl sites for hydroxylation is 2. The van der Waals surface area contributed by atoms with Crippen molar-refractivity contribution in [2.75, 3.05) is 0 Å². The van der Waals surface area contributed by atoms with Crippen LogP contribution in [-0.2, 0) is 6.42 Å². The average Bonchev–Trinajstić information content (AvgIpc) is 2.90. The van der Waals surface area contributed by atoms with Crippen LogP contribution >= 0.6 is 22.7 Å². The summed E-state index contributed by atoms with van der Waals surface area (Å²) in [7, 11) is 0. The van der Waals surface area contributed by atoms with Gasteiger partial charge in [0.2, 0.25) is 0 Å². The van der Waals surface area contributed by atoms with Gasteiger partial charge in [0.15, 0.2) is 0 Å². The molecule has 3 rings (SSSR count). The molecule has 0 aromatic carbocycles. The first kappa shape index (κ1) is 10.8. The molecular formula is C14H18S2. The second-order valence-corrected chi connectivity index (χ2v) is 7.45. The van der Waals surface area contributed by atoms with Gasteiger partial charge in [-0.2, -0.15) is 0 Å². The molecule has 1 saturated carbocycles. The first-order valence-electron chi connectivity index (χ1n) is 6.22. The van der Waals surface area contributed by atoms with E-state index < -0.39 is 0 Å². The van der Waals surface area contributed by atoms with Crippen LogP contribution in [0.5, 0.6) is 0 Å². The van der Waals surface area contributed by atoms with Crippen molar-refractivity contribution >= 4 is 32.1 Å². The van der Waals surface area contributed by atoms with Gasteiger partial charge in [-0.1, -0.05) is 25.7 Å². The summed E-state index contributed by atoms with van der Waals surface area (Å²) in [6, 6.07) is 2.36. The zero-order chi connectivity index (χ0) is 11.1. The van der Waals surface area contributed by atoms with E-state index in [1.165, 1.54) is 41.7 Å². The van der Waals surface area contributed by atoms with Crippen LogP contribution in [0.1, 0.15) is 41.0 Å². The lowest BCUT2D eigenvalue weighted by atomic mass is 10.0. The molecule has 1 aliphatic carbocycles. The third-order valence-corrected chi connectivity index (χ3v) is 6.32. The lowest BCUT2D eigenvalue weighted by Gasteiger charge is -2.07. The van der Waals surface area contributed by atoms with E-state index in [9.17, 15) is 0 Å². The van der Waals surface area contributed by atoms with Gasteiger partial charge in [0.1, 0.15) is 0 Å². The van der Waals surface area contributed by atoms with Crippen LogP contribution in [0.3, 0.4) is 0 Å². The van der Waals surface area contributed by atoms with Crippen molar-refractivity contribution in [1.29, 1.82) is 0 Å². The Morgan fingerprint density at radius 1 is 1.19 bits per heavy atom. The lowest BCUT2D eigenvalue weighted by Crippen LogP contribution is -1.97. The predicted molar refractivity (Wildman–Crippen MR) is 74.8 cm³/mol. The molecule has 0 radical (unpaired) electrons. The molecular weight excluding hydrogens is 232 g/mol. The fourth-order valence-electron chi connectivity index (χ4n) is 2.84. The van der Waals surface area contributed by atoms with Crippen LogP contribution < -0.4 is 0 Å². The molecule has 0 N–H and O–H groups in total. The van der Waals surface area contributed by atoms with Crippen LogP contribution in [0, 0.1) is 19.8 Å². The van der Waals surface area contributed by atoms with E-state index in [1.807, 2.05) is 22.7 Å². The van der Waals surface area contributed by atoms with Crippen LogP contribution in [0.15, 0.2) is 6.07 Å². The minimum Gasteiger partial charge on any atom is -0.139 e. The minimum atomic E-state index is 0.979. The van der Waals surface area contributed by atoms with E-state index in [2.05, 4.69) is 19.9 Å². The zero-order valence-corrected chi connectivity index (χ0v) is 11.6. The number of rotatable bonds is 2. The quantitative estimate of drug-likeness (QED) is 0.677. The Labute approximate surface area is 105 Å². The van der Waals surface area contributed by atoms with Gasteiger partial charge in [-0.25, -0.2) is 0 Å². The Kier molecular flexibility index (Phi) is 2.80. The largest absolute Gasteiger partial charge is 0.139 e. The Hall–Kier alpha value is -0.340. The summed E-state index contributed by atoms with van der Waals surface area (Å²) in [4.78, 5) is 3.12. The van der Waals surface area contributed by atoms with Gasteiger partial charge in [-0.05, 0) is 37.8 Å².